The summed E-state index contributed by atoms with van der Waals surface area (Å²) in [6.07, 6.45) is 3.60. The molecule has 0 aliphatic carbocycles. The van der Waals surface area contributed by atoms with E-state index in [0.717, 1.165) is 10.4 Å². The Balaban J connectivity index is 1.69. The Hall–Kier alpha value is -3.18. The van der Waals surface area contributed by atoms with Crippen LogP contribution in [-0.4, -0.2) is 10.1 Å². The van der Waals surface area contributed by atoms with E-state index in [4.69, 9.17) is 4.42 Å². The predicted octanol–water partition coefficient (Wildman–Crippen LogP) is 4.79. The van der Waals surface area contributed by atoms with Gasteiger partial charge in [0.15, 0.2) is 0 Å². The quantitative estimate of drug-likeness (QED) is 0.541. The predicted molar refractivity (Wildman–Crippen MR) is 101 cm³/mol. The summed E-state index contributed by atoms with van der Waals surface area (Å²) < 4.78 is 5.36. The van der Waals surface area contributed by atoms with Gasteiger partial charge in [-0.05, 0) is 30.4 Å². The van der Waals surface area contributed by atoms with Crippen molar-refractivity contribution in [2.24, 2.45) is 0 Å². The Morgan fingerprint density at radius 3 is 2.72 bits per heavy atom. The van der Waals surface area contributed by atoms with Crippen LogP contribution in [0.25, 0.3) is 34.4 Å². The number of aromatic hydroxyl groups is 1. The molecule has 122 valence electrons. The van der Waals surface area contributed by atoms with E-state index in [9.17, 15) is 9.90 Å². The van der Waals surface area contributed by atoms with Gasteiger partial charge in [-0.1, -0.05) is 36.4 Å². The zero-order chi connectivity index (χ0) is 17.2. The van der Waals surface area contributed by atoms with Gasteiger partial charge in [0.25, 0.3) is 0 Å². The van der Waals surface area contributed by atoms with Gasteiger partial charge < -0.3 is 9.52 Å². The maximum Gasteiger partial charge on any atom is 0.345 e. The largest absolute Gasteiger partial charge is 0.507 e. The van der Waals surface area contributed by atoms with Gasteiger partial charge in [0.1, 0.15) is 16.3 Å². The van der Waals surface area contributed by atoms with E-state index in [0.29, 0.717) is 22.4 Å². The second-order valence-corrected chi connectivity index (χ2v) is 6.34. The minimum atomic E-state index is -0.403. The molecule has 2 heterocycles. The molecule has 0 unspecified atom stereocenters. The Morgan fingerprint density at radius 1 is 1.04 bits per heavy atom. The number of para-hydroxylation sites is 2. The maximum absolute atomic E-state index is 12.2. The van der Waals surface area contributed by atoms with Crippen LogP contribution in [0.5, 0.6) is 5.75 Å². The Kier molecular flexibility index (Phi) is 3.91. The smallest absolute Gasteiger partial charge is 0.345 e. The highest BCUT2D eigenvalue weighted by Crippen LogP contribution is 2.25. The van der Waals surface area contributed by atoms with E-state index in [-0.39, 0.29) is 5.75 Å². The fourth-order valence-corrected chi connectivity index (χ4v) is 3.23. The average Bonchev–Trinajstić information content (AvgIpc) is 3.09. The van der Waals surface area contributed by atoms with E-state index in [1.165, 1.54) is 11.3 Å². The summed E-state index contributed by atoms with van der Waals surface area (Å²) in [4.78, 5) is 16.7. The van der Waals surface area contributed by atoms with Crippen LogP contribution in [0, 0.1) is 0 Å². The summed E-state index contributed by atoms with van der Waals surface area (Å²) in [6.45, 7) is 0. The number of phenols is 1. The van der Waals surface area contributed by atoms with Gasteiger partial charge in [-0.25, -0.2) is 9.78 Å². The van der Waals surface area contributed by atoms with Crippen molar-refractivity contribution in [1.29, 1.82) is 0 Å². The first-order valence-corrected chi connectivity index (χ1v) is 8.53. The standard InChI is InChI=1S/C20H13NO3S/c22-17-7-3-1-5-13(17)9-10-19-21-16(12-25-19)15-11-14-6-2-4-8-18(14)24-20(15)23/h1-12,22H/b10-9+. The number of hydrogen-bond donors (Lipinski definition) is 1. The third kappa shape index (κ3) is 3.09. The van der Waals surface area contributed by atoms with Crippen LogP contribution in [0.15, 0.2) is 69.2 Å². The number of benzene rings is 2. The van der Waals surface area contributed by atoms with Crippen molar-refractivity contribution in [3.63, 3.8) is 0 Å². The lowest BCUT2D eigenvalue weighted by Crippen LogP contribution is -2.02. The monoisotopic (exact) mass is 347 g/mol. The molecular weight excluding hydrogens is 334 g/mol. The molecule has 0 radical (unpaired) electrons. The molecule has 2 aromatic carbocycles. The van der Waals surface area contributed by atoms with Gasteiger partial charge in [-0.15, -0.1) is 11.3 Å². The lowest BCUT2D eigenvalue weighted by atomic mass is 10.1. The highest BCUT2D eigenvalue weighted by Gasteiger charge is 2.10. The third-order valence-corrected chi connectivity index (χ3v) is 4.59. The SMILES string of the molecule is O=c1oc2ccccc2cc1-c1csc(/C=C/c2ccccc2O)n1. The Morgan fingerprint density at radius 2 is 1.84 bits per heavy atom. The molecule has 0 saturated heterocycles. The van der Waals surface area contributed by atoms with Gasteiger partial charge in [-0.3, -0.25) is 0 Å². The highest BCUT2D eigenvalue weighted by molar-refractivity contribution is 7.10. The normalized spacial score (nSPS) is 11.4. The topological polar surface area (TPSA) is 63.3 Å². The molecule has 0 bridgehead atoms. The fraction of sp³-hybridized carbons (Fsp3) is 0. The van der Waals surface area contributed by atoms with E-state index in [2.05, 4.69) is 4.98 Å². The van der Waals surface area contributed by atoms with Crippen LogP contribution in [0.4, 0.5) is 0 Å². The van der Waals surface area contributed by atoms with Gasteiger partial charge >= 0.3 is 5.63 Å². The summed E-state index contributed by atoms with van der Waals surface area (Å²) in [5, 5.41) is 13.2. The minimum Gasteiger partial charge on any atom is -0.507 e. The number of nitrogens with zero attached hydrogens (tertiary/aromatic N) is 1. The molecule has 5 heteroatoms. The molecule has 2 aromatic heterocycles. The summed E-state index contributed by atoms with van der Waals surface area (Å²) >= 11 is 1.42. The Bertz CT molecular complexity index is 1140. The van der Waals surface area contributed by atoms with Crippen LogP contribution >= 0.6 is 11.3 Å². The second kappa shape index (κ2) is 6.37. The lowest BCUT2D eigenvalue weighted by molar-refractivity contribution is 0.474. The maximum atomic E-state index is 12.2. The third-order valence-electron chi connectivity index (χ3n) is 3.78. The summed E-state index contributed by atoms with van der Waals surface area (Å²) in [7, 11) is 0. The minimum absolute atomic E-state index is 0.214. The van der Waals surface area contributed by atoms with Crippen molar-refractivity contribution in [3.05, 3.63) is 81.0 Å². The molecule has 0 aliphatic heterocycles. The van der Waals surface area contributed by atoms with Crippen LogP contribution in [0.2, 0.25) is 0 Å². The van der Waals surface area contributed by atoms with E-state index >= 15 is 0 Å². The molecule has 4 rings (SSSR count). The zero-order valence-electron chi connectivity index (χ0n) is 13.0. The molecule has 0 aliphatic rings. The van der Waals surface area contributed by atoms with E-state index < -0.39 is 5.63 Å². The number of fused-ring (bicyclic) bond motifs is 1. The molecule has 25 heavy (non-hydrogen) atoms. The first kappa shape index (κ1) is 15.4. The van der Waals surface area contributed by atoms with Crippen LogP contribution in [0.1, 0.15) is 10.6 Å². The molecule has 4 aromatic rings. The number of phenolic OH excluding ortho intramolecular Hbond substituents is 1. The molecule has 0 amide bonds. The molecule has 4 nitrogen and oxygen atoms in total. The molecule has 1 N–H and O–H groups in total. The molecule has 0 atom stereocenters. The van der Waals surface area contributed by atoms with E-state index in [1.54, 1.807) is 30.3 Å². The van der Waals surface area contributed by atoms with Crippen LogP contribution in [0.3, 0.4) is 0 Å². The number of hydrogen-bond acceptors (Lipinski definition) is 5. The van der Waals surface area contributed by atoms with Gasteiger partial charge in [0.05, 0.1) is 11.3 Å². The summed E-state index contributed by atoms with van der Waals surface area (Å²) in [6, 6.07) is 16.3. The van der Waals surface area contributed by atoms with Gasteiger partial charge in [0.2, 0.25) is 0 Å². The van der Waals surface area contributed by atoms with Crippen molar-refractivity contribution < 1.29 is 9.52 Å². The van der Waals surface area contributed by atoms with Gasteiger partial charge in [-0.2, -0.15) is 0 Å². The number of rotatable bonds is 3. The van der Waals surface area contributed by atoms with Crippen molar-refractivity contribution in [3.8, 4) is 17.0 Å². The lowest BCUT2D eigenvalue weighted by Gasteiger charge is -1.99. The van der Waals surface area contributed by atoms with Crippen molar-refractivity contribution >= 4 is 34.5 Å². The zero-order valence-corrected chi connectivity index (χ0v) is 13.9. The molecule has 0 fully saturated rings. The summed E-state index contributed by atoms with van der Waals surface area (Å²) in [5.41, 5.74) is 1.90. The van der Waals surface area contributed by atoms with Gasteiger partial charge in [0, 0.05) is 16.3 Å². The van der Waals surface area contributed by atoms with Crippen molar-refractivity contribution in [2.45, 2.75) is 0 Å². The van der Waals surface area contributed by atoms with Crippen LogP contribution < -0.4 is 5.63 Å². The van der Waals surface area contributed by atoms with Crippen LogP contribution in [-0.2, 0) is 0 Å². The second-order valence-electron chi connectivity index (χ2n) is 5.45. The first-order valence-electron chi connectivity index (χ1n) is 7.65. The van der Waals surface area contributed by atoms with E-state index in [1.807, 2.05) is 41.8 Å². The average molecular weight is 347 g/mol. The highest BCUT2D eigenvalue weighted by atomic mass is 32.1. The number of thiazole rings is 1. The molecule has 0 spiro atoms. The number of aromatic nitrogens is 1. The summed E-state index contributed by atoms with van der Waals surface area (Å²) in [5.74, 6) is 0.214. The Labute approximate surface area is 147 Å². The van der Waals surface area contributed by atoms with Crippen molar-refractivity contribution in [2.75, 3.05) is 0 Å². The molecular formula is C20H13NO3S. The fourth-order valence-electron chi connectivity index (χ4n) is 2.52. The first-order chi connectivity index (χ1) is 12.2. The molecule has 0 saturated carbocycles. The van der Waals surface area contributed by atoms with Crippen molar-refractivity contribution in [1.82, 2.24) is 4.98 Å².